The second kappa shape index (κ2) is 55.0. The first-order valence-corrected chi connectivity index (χ1v) is 30.1. The minimum absolute atomic E-state index is 0.369. The highest BCUT2D eigenvalue weighted by molar-refractivity contribution is 5.80. The Morgan fingerprint density at radius 1 is 0.364 bits per heavy atom. The van der Waals surface area contributed by atoms with E-state index in [4.69, 9.17) is 0 Å². The first-order chi connectivity index (χ1) is 32.5. The molecule has 0 radical (unpaired) electrons. The highest BCUT2D eigenvalue weighted by atomic mass is 16.3. The summed E-state index contributed by atoms with van der Waals surface area (Å²) in [6, 6.07) is -0.999. The van der Waals surface area contributed by atoms with Crippen molar-refractivity contribution >= 4 is 5.91 Å². The summed E-state index contributed by atoms with van der Waals surface area (Å²) in [5.41, 5.74) is 0. The van der Waals surface area contributed by atoms with Crippen molar-refractivity contribution in [1.82, 2.24) is 5.32 Å². The molecule has 5 N–H and O–H groups in total. The normalized spacial score (nSPS) is 13.7. The topological polar surface area (TPSA) is 110 Å². The van der Waals surface area contributed by atoms with E-state index in [-0.39, 0.29) is 0 Å². The third kappa shape index (κ3) is 48.1. The number of amides is 1. The van der Waals surface area contributed by atoms with Gasteiger partial charge in [0.25, 0.3) is 0 Å². The maximum atomic E-state index is 12.6. The van der Waals surface area contributed by atoms with Crippen molar-refractivity contribution in [2.45, 2.75) is 359 Å². The molecular formula is C60H119NO5. The molecule has 4 atom stereocenters. The summed E-state index contributed by atoms with van der Waals surface area (Å²) in [7, 11) is 0. The minimum atomic E-state index is -1.28. The number of hydrogen-bond acceptors (Lipinski definition) is 5. The van der Waals surface area contributed by atoms with Crippen molar-refractivity contribution < 1.29 is 25.2 Å². The van der Waals surface area contributed by atoms with Gasteiger partial charge in [0, 0.05) is 0 Å². The molecule has 4 unspecified atom stereocenters. The molecule has 0 rings (SSSR count). The van der Waals surface area contributed by atoms with Gasteiger partial charge in [0.15, 0.2) is 0 Å². The lowest BCUT2D eigenvalue weighted by atomic mass is 10.00. The number of carbonyl (C=O) groups excluding carboxylic acids is 1. The first-order valence-electron chi connectivity index (χ1n) is 30.1. The Morgan fingerprint density at radius 3 is 0.909 bits per heavy atom. The van der Waals surface area contributed by atoms with Crippen molar-refractivity contribution in [2.75, 3.05) is 6.61 Å². The van der Waals surface area contributed by atoms with Gasteiger partial charge in [-0.25, -0.2) is 0 Å². The summed E-state index contributed by atoms with van der Waals surface area (Å²) in [6.45, 7) is 4.09. The van der Waals surface area contributed by atoms with Crippen LogP contribution in [0, 0.1) is 0 Å². The molecule has 0 saturated heterocycles. The molecule has 0 heterocycles. The van der Waals surface area contributed by atoms with Gasteiger partial charge in [0.2, 0.25) is 5.91 Å². The van der Waals surface area contributed by atoms with Crippen LogP contribution in [0.5, 0.6) is 0 Å². The highest BCUT2D eigenvalue weighted by Gasteiger charge is 2.28. The Balaban J connectivity index is 3.58. The van der Waals surface area contributed by atoms with Gasteiger partial charge < -0.3 is 25.7 Å². The van der Waals surface area contributed by atoms with Gasteiger partial charge in [-0.2, -0.15) is 0 Å². The summed E-state index contributed by atoms with van der Waals surface area (Å²) in [5, 5.41) is 44.0. The molecule has 0 aromatic rings. The second-order valence-corrected chi connectivity index (χ2v) is 21.1. The molecular weight excluding hydrogens is 815 g/mol. The number of aliphatic hydroxyl groups is 4. The van der Waals surface area contributed by atoms with Crippen molar-refractivity contribution in [3.63, 3.8) is 0 Å². The van der Waals surface area contributed by atoms with Crippen LogP contribution >= 0.6 is 0 Å². The fourth-order valence-electron chi connectivity index (χ4n) is 9.76. The maximum Gasteiger partial charge on any atom is 0.249 e. The molecule has 0 fully saturated rings. The Labute approximate surface area is 412 Å². The van der Waals surface area contributed by atoms with E-state index < -0.39 is 36.9 Å². The zero-order valence-electron chi connectivity index (χ0n) is 44.7. The van der Waals surface area contributed by atoms with Gasteiger partial charge >= 0.3 is 0 Å². The number of allylic oxidation sites excluding steroid dienone is 2. The molecule has 0 aliphatic rings. The number of aliphatic hydroxyl groups excluding tert-OH is 4. The van der Waals surface area contributed by atoms with E-state index in [0.29, 0.717) is 12.8 Å². The van der Waals surface area contributed by atoms with E-state index in [9.17, 15) is 25.2 Å². The third-order valence-corrected chi connectivity index (χ3v) is 14.5. The number of rotatable bonds is 56. The lowest BCUT2D eigenvalue weighted by Crippen LogP contribution is -2.53. The Hall–Kier alpha value is -0.950. The fraction of sp³-hybridized carbons (Fsp3) is 0.950. The fourth-order valence-corrected chi connectivity index (χ4v) is 9.76. The number of carbonyl (C=O) groups is 1. The van der Waals surface area contributed by atoms with E-state index in [1.165, 1.54) is 270 Å². The monoisotopic (exact) mass is 934 g/mol. The van der Waals surface area contributed by atoms with E-state index in [0.717, 1.165) is 38.5 Å². The molecule has 1 amide bonds. The van der Waals surface area contributed by atoms with E-state index >= 15 is 0 Å². The van der Waals surface area contributed by atoms with Gasteiger partial charge in [-0.05, 0) is 38.5 Å². The molecule has 6 heteroatoms. The average molecular weight is 935 g/mol. The molecule has 0 bridgehead atoms. The van der Waals surface area contributed by atoms with Crippen LogP contribution in [0.1, 0.15) is 335 Å². The van der Waals surface area contributed by atoms with Crippen LogP contribution in [0.15, 0.2) is 12.2 Å². The molecule has 394 valence electrons. The molecule has 0 aromatic carbocycles. The summed E-state index contributed by atoms with van der Waals surface area (Å²) >= 11 is 0. The van der Waals surface area contributed by atoms with Crippen molar-refractivity contribution in [1.29, 1.82) is 0 Å². The summed E-state index contributed by atoms with van der Waals surface area (Å²) in [6.07, 6.45) is 65.9. The number of hydrogen-bond donors (Lipinski definition) is 5. The van der Waals surface area contributed by atoms with Gasteiger partial charge in [-0.15, -0.1) is 0 Å². The summed E-state index contributed by atoms with van der Waals surface area (Å²) in [4.78, 5) is 12.6. The number of unbranched alkanes of at least 4 members (excludes halogenated alkanes) is 45. The van der Waals surface area contributed by atoms with Crippen LogP contribution in [0.4, 0.5) is 0 Å². The lowest BCUT2D eigenvalue weighted by Gasteiger charge is -2.27. The quantitative estimate of drug-likeness (QED) is 0.0308. The average Bonchev–Trinajstić information content (AvgIpc) is 3.32. The van der Waals surface area contributed by atoms with Gasteiger partial charge in [-0.3, -0.25) is 4.79 Å². The van der Waals surface area contributed by atoms with Crippen LogP contribution < -0.4 is 5.32 Å². The molecule has 0 saturated carbocycles. The molecule has 66 heavy (non-hydrogen) atoms. The van der Waals surface area contributed by atoms with Crippen LogP contribution in [-0.4, -0.2) is 57.3 Å². The van der Waals surface area contributed by atoms with Crippen LogP contribution in [0.3, 0.4) is 0 Å². The van der Waals surface area contributed by atoms with Crippen molar-refractivity contribution in [2.24, 2.45) is 0 Å². The molecule has 0 aliphatic carbocycles. The second-order valence-electron chi connectivity index (χ2n) is 21.1. The van der Waals surface area contributed by atoms with Gasteiger partial charge in [0.1, 0.15) is 12.2 Å². The van der Waals surface area contributed by atoms with Gasteiger partial charge in [0.05, 0.1) is 18.8 Å². The summed E-state index contributed by atoms with van der Waals surface area (Å²) < 4.78 is 0. The largest absolute Gasteiger partial charge is 0.394 e. The Morgan fingerprint density at radius 2 is 0.621 bits per heavy atom. The van der Waals surface area contributed by atoms with Gasteiger partial charge in [-0.1, -0.05) is 309 Å². The zero-order valence-corrected chi connectivity index (χ0v) is 44.7. The van der Waals surface area contributed by atoms with E-state index in [2.05, 4.69) is 31.3 Å². The van der Waals surface area contributed by atoms with E-state index in [1.54, 1.807) is 0 Å². The summed E-state index contributed by atoms with van der Waals surface area (Å²) in [5.74, 6) is -0.586. The molecule has 6 nitrogen and oxygen atoms in total. The molecule has 0 spiro atoms. The smallest absolute Gasteiger partial charge is 0.249 e. The lowest BCUT2D eigenvalue weighted by molar-refractivity contribution is -0.132. The predicted molar refractivity (Wildman–Crippen MR) is 288 cm³/mol. The van der Waals surface area contributed by atoms with Crippen LogP contribution in [0.2, 0.25) is 0 Å². The van der Waals surface area contributed by atoms with E-state index in [1.807, 2.05) is 0 Å². The first kappa shape index (κ1) is 65.0. The highest BCUT2D eigenvalue weighted by Crippen LogP contribution is 2.19. The Bertz CT molecular complexity index is 959. The number of nitrogens with one attached hydrogen (secondary N) is 1. The van der Waals surface area contributed by atoms with Crippen molar-refractivity contribution in [3.05, 3.63) is 12.2 Å². The Kier molecular flexibility index (Phi) is 54.2. The van der Waals surface area contributed by atoms with Crippen molar-refractivity contribution in [3.8, 4) is 0 Å². The standard InChI is InChI=1S/C60H119NO5/c1-3-5-7-9-11-13-15-17-19-21-23-24-25-26-27-28-29-30-31-32-33-34-36-37-39-41-43-45-47-49-51-53-57(63)59(65)56(55-62)61-60(66)58(64)54-52-50-48-46-44-42-40-38-35-22-20-18-16-14-12-10-8-6-4-2/h45,47,56-59,62-65H,3-44,46,48-55H2,1-2H3,(H,61,66)/b47-45+. The molecule has 0 aromatic heterocycles. The minimum Gasteiger partial charge on any atom is -0.394 e. The SMILES string of the molecule is CCCCCCCCCCCCCCCCCCCCCCCCCCCC/C=C/CCCC(O)C(O)C(CO)NC(=O)C(O)CCCCCCCCCCCCCCCCCCCCC. The third-order valence-electron chi connectivity index (χ3n) is 14.5. The molecule has 0 aliphatic heterocycles. The zero-order chi connectivity index (χ0) is 48.1. The maximum absolute atomic E-state index is 12.6. The van der Waals surface area contributed by atoms with Crippen LogP contribution in [-0.2, 0) is 4.79 Å². The predicted octanol–water partition coefficient (Wildman–Crippen LogP) is 17.6. The van der Waals surface area contributed by atoms with Crippen LogP contribution in [0.25, 0.3) is 0 Å².